The van der Waals surface area contributed by atoms with Crippen molar-refractivity contribution in [2.24, 2.45) is 5.73 Å². The summed E-state index contributed by atoms with van der Waals surface area (Å²) in [6, 6.07) is 16.3. The highest BCUT2D eigenvalue weighted by atomic mass is 16.2. The molecule has 3 N–H and O–H groups in total. The van der Waals surface area contributed by atoms with Crippen LogP contribution in [0.4, 0.5) is 10.5 Å². The SMILES string of the molecule is CCCN(Cc1ccccc1)C(=O)Nc1cccc(C(N)=O)c1. The molecule has 2 aromatic carbocycles. The fraction of sp³-hybridized carbons (Fsp3) is 0.222. The van der Waals surface area contributed by atoms with Gasteiger partial charge in [-0.15, -0.1) is 0 Å². The Morgan fingerprint density at radius 1 is 1.09 bits per heavy atom. The number of urea groups is 1. The monoisotopic (exact) mass is 311 g/mol. The van der Waals surface area contributed by atoms with Gasteiger partial charge >= 0.3 is 6.03 Å². The third-order valence-electron chi connectivity index (χ3n) is 3.40. The first kappa shape index (κ1) is 16.5. The van der Waals surface area contributed by atoms with E-state index in [1.54, 1.807) is 29.2 Å². The van der Waals surface area contributed by atoms with Crippen molar-refractivity contribution in [1.82, 2.24) is 4.90 Å². The van der Waals surface area contributed by atoms with Gasteiger partial charge in [-0.2, -0.15) is 0 Å². The first-order valence-corrected chi connectivity index (χ1v) is 7.60. The smallest absolute Gasteiger partial charge is 0.322 e. The van der Waals surface area contributed by atoms with E-state index in [0.29, 0.717) is 24.3 Å². The first-order chi connectivity index (χ1) is 11.1. The Hall–Kier alpha value is -2.82. The number of carbonyl (C=O) groups is 2. The van der Waals surface area contributed by atoms with Gasteiger partial charge in [-0.05, 0) is 30.2 Å². The maximum atomic E-state index is 12.5. The van der Waals surface area contributed by atoms with Crippen molar-refractivity contribution in [3.63, 3.8) is 0 Å². The molecule has 0 saturated carbocycles. The minimum Gasteiger partial charge on any atom is -0.366 e. The van der Waals surface area contributed by atoms with E-state index in [2.05, 4.69) is 5.32 Å². The van der Waals surface area contributed by atoms with Gasteiger partial charge in [0, 0.05) is 24.3 Å². The van der Waals surface area contributed by atoms with Crippen molar-refractivity contribution in [3.8, 4) is 0 Å². The van der Waals surface area contributed by atoms with Crippen molar-refractivity contribution in [1.29, 1.82) is 0 Å². The van der Waals surface area contributed by atoms with Gasteiger partial charge in [-0.3, -0.25) is 4.79 Å². The molecule has 0 atom stereocenters. The fourth-order valence-electron chi connectivity index (χ4n) is 2.28. The van der Waals surface area contributed by atoms with Crippen LogP contribution in [0.25, 0.3) is 0 Å². The van der Waals surface area contributed by atoms with E-state index in [4.69, 9.17) is 5.73 Å². The number of nitrogens with one attached hydrogen (secondary N) is 1. The molecule has 5 nitrogen and oxygen atoms in total. The Balaban J connectivity index is 2.09. The molecule has 0 bridgehead atoms. The van der Waals surface area contributed by atoms with Gasteiger partial charge in [0.05, 0.1) is 0 Å². The summed E-state index contributed by atoms with van der Waals surface area (Å²) in [5, 5.41) is 2.82. The third kappa shape index (κ3) is 4.85. The first-order valence-electron chi connectivity index (χ1n) is 7.60. The average Bonchev–Trinajstić information content (AvgIpc) is 2.55. The average molecular weight is 311 g/mol. The Morgan fingerprint density at radius 2 is 1.83 bits per heavy atom. The third-order valence-corrected chi connectivity index (χ3v) is 3.40. The molecule has 23 heavy (non-hydrogen) atoms. The number of hydrogen-bond donors (Lipinski definition) is 2. The standard InChI is InChI=1S/C18H21N3O2/c1-2-11-21(13-14-7-4-3-5-8-14)18(23)20-16-10-6-9-15(12-16)17(19)22/h3-10,12H,2,11,13H2,1H3,(H2,19,22)(H,20,23). The molecular weight excluding hydrogens is 290 g/mol. The van der Waals surface area contributed by atoms with E-state index in [1.807, 2.05) is 37.3 Å². The number of rotatable bonds is 6. The summed E-state index contributed by atoms with van der Waals surface area (Å²) in [6.45, 7) is 3.21. The van der Waals surface area contributed by atoms with Gasteiger partial charge in [0.15, 0.2) is 0 Å². The number of nitrogens with zero attached hydrogens (tertiary/aromatic N) is 1. The Bertz CT molecular complexity index is 671. The zero-order chi connectivity index (χ0) is 16.7. The molecule has 2 rings (SSSR count). The van der Waals surface area contributed by atoms with Crippen LogP contribution in [0.1, 0.15) is 29.3 Å². The van der Waals surface area contributed by atoms with Gasteiger partial charge in [0.2, 0.25) is 5.91 Å². The van der Waals surface area contributed by atoms with Crippen LogP contribution in [0, 0.1) is 0 Å². The molecule has 5 heteroatoms. The molecule has 0 radical (unpaired) electrons. The minimum atomic E-state index is -0.518. The van der Waals surface area contributed by atoms with Crippen molar-refractivity contribution in [2.45, 2.75) is 19.9 Å². The van der Waals surface area contributed by atoms with Crippen LogP contribution in [0.15, 0.2) is 54.6 Å². The zero-order valence-electron chi connectivity index (χ0n) is 13.2. The Morgan fingerprint density at radius 3 is 2.48 bits per heavy atom. The van der Waals surface area contributed by atoms with Gasteiger partial charge in [0.25, 0.3) is 0 Å². The second kappa shape index (κ2) is 7.98. The van der Waals surface area contributed by atoms with Crippen LogP contribution in [0.3, 0.4) is 0 Å². The molecule has 0 heterocycles. The van der Waals surface area contributed by atoms with Crippen LogP contribution >= 0.6 is 0 Å². The predicted octanol–water partition coefficient (Wildman–Crippen LogP) is 3.23. The highest BCUT2D eigenvalue weighted by molar-refractivity contribution is 5.95. The Labute approximate surface area is 136 Å². The second-order valence-corrected chi connectivity index (χ2v) is 5.28. The lowest BCUT2D eigenvalue weighted by atomic mass is 10.2. The number of anilines is 1. The second-order valence-electron chi connectivity index (χ2n) is 5.28. The van der Waals surface area contributed by atoms with Gasteiger partial charge in [-0.1, -0.05) is 43.3 Å². The molecule has 0 fully saturated rings. The lowest BCUT2D eigenvalue weighted by Gasteiger charge is -2.23. The van der Waals surface area contributed by atoms with Crippen molar-refractivity contribution in [3.05, 3.63) is 65.7 Å². The summed E-state index contributed by atoms with van der Waals surface area (Å²) < 4.78 is 0. The van der Waals surface area contributed by atoms with E-state index in [1.165, 1.54) is 0 Å². The van der Waals surface area contributed by atoms with Crippen LogP contribution < -0.4 is 11.1 Å². The minimum absolute atomic E-state index is 0.197. The van der Waals surface area contributed by atoms with Gasteiger partial charge in [-0.25, -0.2) is 4.79 Å². The van der Waals surface area contributed by atoms with E-state index < -0.39 is 5.91 Å². The fourth-order valence-corrected chi connectivity index (χ4v) is 2.28. The predicted molar refractivity (Wildman–Crippen MR) is 91.1 cm³/mol. The van der Waals surface area contributed by atoms with Crippen molar-refractivity contribution < 1.29 is 9.59 Å². The summed E-state index contributed by atoms with van der Waals surface area (Å²) in [7, 11) is 0. The van der Waals surface area contributed by atoms with Crippen LogP contribution in [0.5, 0.6) is 0 Å². The van der Waals surface area contributed by atoms with Crippen LogP contribution in [0.2, 0.25) is 0 Å². The van der Waals surface area contributed by atoms with Gasteiger partial charge < -0.3 is 16.0 Å². The van der Waals surface area contributed by atoms with E-state index >= 15 is 0 Å². The molecule has 0 aliphatic rings. The highest BCUT2D eigenvalue weighted by Gasteiger charge is 2.13. The molecule has 0 aliphatic carbocycles. The molecule has 0 aliphatic heterocycles. The molecule has 3 amide bonds. The lowest BCUT2D eigenvalue weighted by molar-refractivity contribution is 0.1000. The number of carbonyl (C=O) groups excluding carboxylic acids is 2. The number of hydrogen-bond acceptors (Lipinski definition) is 2. The van der Waals surface area contributed by atoms with E-state index in [-0.39, 0.29) is 6.03 Å². The molecule has 0 aromatic heterocycles. The maximum absolute atomic E-state index is 12.5. The van der Waals surface area contributed by atoms with Gasteiger partial charge in [0.1, 0.15) is 0 Å². The summed E-state index contributed by atoms with van der Waals surface area (Å²) in [5.74, 6) is -0.518. The number of benzene rings is 2. The quantitative estimate of drug-likeness (QED) is 0.859. The van der Waals surface area contributed by atoms with E-state index in [0.717, 1.165) is 12.0 Å². The molecule has 2 aromatic rings. The number of nitrogens with two attached hydrogens (primary N) is 1. The normalized spacial score (nSPS) is 10.1. The molecule has 0 unspecified atom stereocenters. The summed E-state index contributed by atoms with van der Waals surface area (Å²) in [5.41, 5.74) is 7.26. The maximum Gasteiger partial charge on any atom is 0.322 e. The highest BCUT2D eigenvalue weighted by Crippen LogP contribution is 2.13. The summed E-state index contributed by atoms with van der Waals surface area (Å²) in [6.07, 6.45) is 0.863. The molecule has 120 valence electrons. The molecule has 0 spiro atoms. The van der Waals surface area contributed by atoms with Crippen molar-refractivity contribution >= 4 is 17.6 Å². The largest absolute Gasteiger partial charge is 0.366 e. The number of primary amides is 1. The van der Waals surface area contributed by atoms with Crippen LogP contribution in [-0.2, 0) is 6.54 Å². The number of amides is 3. The lowest BCUT2D eigenvalue weighted by Crippen LogP contribution is -2.35. The van der Waals surface area contributed by atoms with E-state index in [9.17, 15) is 9.59 Å². The molecule has 0 saturated heterocycles. The summed E-state index contributed by atoms with van der Waals surface area (Å²) >= 11 is 0. The zero-order valence-corrected chi connectivity index (χ0v) is 13.2. The van der Waals surface area contributed by atoms with Crippen LogP contribution in [-0.4, -0.2) is 23.4 Å². The summed E-state index contributed by atoms with van der Waals surface area (Å²) in [4.78, 5) is 25.4. The Kier molecular flexibility index (Phi) is 5.74. The molecular formula is C18H21N3O2. The van der Waals surface area contributed by atoms with Crippen molar-refractivity contribution in [2.75, 3.05) is 11.9 Å². The topological polar surface area (TPSA) is 75.4 Å².